The summed E-state index contributed by atoms with van der Waals surface area (Å²) in [5, 5.41) is 8.34. The average Bonchev–Trinajstić information content (AvgIpc) is 2.35. The molecule has 1 N–H and O–H groups in total. The third-order valence-corrected chi connectivity index (χ3v) is 3.02. The van der Waals surface area contributed by atoms with Crippen molar-refractivity contribution in [2.75, 3.05) is 6.61 Å². The molecule has 0 rings (SSSR count). The molecule has 17 heavy (non-hydrogen) atoms. The van der Waals surface area contributed by atoms with Gasteiger partial charge in [0.15, 0.2) is 0 Å². The van der Waals surface area contributed by atoms with Gasteiger partial charge < -0.3 is 9.84 Å². The predicted octanol–water partition coefficient (Wildman–Crippen LogP) is 5.34. The van der Waals surface area contributed by atoms with Gasteiger partial charge in [0, 0.05) is 0 Å². The Balaban J connectivity index is 2.89. The Kier molecular flexibility index (Phi) is 14.7. The zero-order valence-electron chi connectivity index (χ0n) is 11.5. The summed E-state index contributed by atoms with van der Waals surface area (Å²) in [6.07, 6.45) is 17.1. The molecule has 0 aromatic carbocycles. The molecule has 0 spiro atoms. The van der Waals surface area contributed by atoms with Crippen LogP contribution in [0.3, 0.4) is 0 Å². The molecule has 0 aromatic heterocycles. The van der Waals surface area contributed by atoms with Crippen molar-refractivity contribution in [3.05, 3.63) is 12.5 Å². The van der Waals surface area contributed by atoms with Crippen LogP contribution in [0.15, 0.2) is 12.5 Å². The number of hydrogen-bond donors (Lipinski definition) is 1. The van der Waals surface area contributed by atoms with Gasteiger partial charge in [0.1, 0.15) is 12.5 Å². The smallest absolute Gasteiger partial charge is 0.117 e. The van der Waals surface area contributed by atoms with Gasteiger partial charge in [-0.3, -0.25) is 0 Å². The van der Waals surface area contributed by atoms with E-state index in [1.165, 1.54) is 70.5 Å². The maximum atomic E-state index is 8.34. The van der Waals surface area contributed by atoms with Crippen molar-refractivity contribution in [3.63, 3.8) is 0 Å². The lowest BCUT2D eigenvalue weighted by molar-refractivity contribution is 0.230. The Hall–Kier alpha value is -0.660. The summed E-state index contributed by atoms with van der Waals surface area (Å²) in [5.74, 6) is 0. The molecule has 0 aliphatic rings. The van der Waals surface area contributed by atoms with Crippen molar-refractivity contribution < 1.29 is 9.84 Å². The highest BCUT2D eigenvalue weighted by Gasteiger charge is 1.92. The monoisotopic (exact) mass is 242 g/mol. The van der Waals surface area contributed by atoms with Gasteiger partial charge in [-0.2, -0.15) is 0 Å². The second kappa shape index (κ2) is 15.3. The van der Waals surface area contributed by atoms with Crippen LogP contribution in [0.2, 0.25) is 0 Å². The fourth-order valence-corrected chi connectivity index (χ4v) is 1.96. The number of aliphatic hydroxyl groups excluding tert-OH is 1. The minimum atomic E-state index is 0.730. The van der Waals surface area contributed by atoms with Crippen LogP contribution in [0.25, 0.3) is 0 Å². The van der Waals surface area contributed by atoms with Crippen molar-refractivity contribution in [1.82, 2.24) is 0 Å². The molecule has 0 heterocycles. The lowest BCUT2D eigenvalue weighted by atomic mass is 10.1. The van der Waals surface area contributed by atoms with Crippen LogP contribution >= 0.6 is 0 Å². The van der Waals surface area contributed by atoms with Crippen molar-refractivity contribution in [3.8, 4) is 0 Å². The zero-order valence-corrected chi connectivity index (χ0v) is 11.5. The van der Waals surface area contributed by atoms with Crippen LogP contribution in [0.4, 0.5) is 0 Å². The first-order valence-corrected chi connectivity index (χ1v) is 7.32. The number of aliphatic hydroxyl groups is 1. The van der Waals surface area contributed by atoms with Crippen LogP contribution < -0.4 is 0 Å². The highest BCUT2D eigenvalue weighted by Crippen LogP contribution is 2.11. The molecular weight excluding hydrogens is 212 g/mol. The molecular formula is C15H30O2. The van der Waals surface area contributed by atoms with Crippen LogP contribution in [-0.2, 0) is 4.74 Å². The third-order valence-electron chi connectivity index (χ3n) is 3.02. The molecule has 0 aliphatic heterocycles. The van der Waals surface area contributed by atoms with E-state index in [9.17, 15) is 0 Å². The summed E-state index contributed by atoms with van der Waals surface area (Å²) >= 11 is 0. The molecule has 0 saturated heterocycles. The van der Waals surface area contributed by atoms with E-state index in [0.29, 0.717) is 0 Å². The predicted molar refractivity (Wildman–Crippen MR) is 74.2 cm³/mol. The first-order chi connectivity index (χ1) is 8.41. The number of ether oxygens (including phenoxy) is 1. The van der Waals surface area contributed by atoms with E-state index in [0.717, 1.165) is 19.3 Å². The van der Waals surface area contributed by atoms with Crippen molar-refractivity contribution in [2.24, 2.45) is 0 Å². The normalized spacial score (nSPS) is 11.1. The van der Waals surface area contributed by atoms with Gasteiger partial charge in [0.05, 0.1) is 6.61 Å². The van der Waals surface area contributed by atoms with E-state index < -0.39 is 0 Å². The van der Waals surface area contributed by atoms with E-state index >= 15 is 0 Å². The number of hydrogen-bond acceptors (Lipinski definition) is 2. The van der Waals surface area contributed by atoms with Crippen LogP contribution in [0.5, 0.6) is 0 Å². The maximum absolute atomic E-state index is 8.34. The van der Waals surface area contributed by atoms with E-state index in [1.807, 2.05) is 0 Å². The van der Waals surface area contributed by atoms with Gasteiger partial charge in [0.25, 0.3) is 0 Å². The summed E-state index contributed by atoms with van der Waals surface area (Å²) in [5.41, 5.74) is 0. The Morgan fingerprint density at radius 2 is 1.24 bits per heavy atom. The molecule has 102 valence electrons. The van der Waals surface area contributed by atoms with E-state index in [-0.39, 0.29) is 0 Å². The fourth-order valence-electron chi connectivity index (χ4n) is 1.96. The van der Waals surface area contributed by atoms with Gasteiger partial charge in [-0.05, 0) is 6.42 Å². The Morgan fingerprint density at radius 1 is 0.765 bits per heavy atom. The number of rotatable bonds is 13. The van der Waals surface area contributed by atoms with Gasteiger partial charge >= 0.3 is 0 Å². The summed E-state index contributed by atoms with van der Waals surface area (Å²) < 4.78 is 5.03. The molecule has 0 aromatic rings. The number of unbranched alkanes of at least 4 members (excludes halogenated alkanes) is 10. The largest absolute Gasteiger partial charge is 0.512 e. The maximum Gasteiger partial charge on any atom is 0.117 e. The van der Waals surface area contributed by atoms with Crippen molar-refractivity contribution in [2.45, 2.75) is 77.6 Å². The van der Waals surface area contributed by atoms with Crippen LogP contribution in [-0.4, -0.2) is 11.7 Å². The Bertz CT molecular complexity index is 155. The molecule has 0 atom stereocenters. The van der Waals surface area contributed by atoms with Gasteiger partial charge in [-0.15, -0.1) is 0 Å². The minimum absolute atomic E-state index is 0.730. The highest BCUT2D eigenvalue weighted by molar-refractivity contribution is 4.56. The van der Waals surface area contributed by atoms with Crippen molar-refractivity contribution in [1.29, 1.82) is 0 Å². The quantitative estimate of drug-likeness (QED) is 0.349. The zero-order chi connectivity index (χ0) is 12.6. The lowest BCUT2D eigenvalue weighted by Crippen LogP contribution is -1.88. The first kappa shape index (κ1) is 16.3. The molecule has 0 saturated carbocycles. The summed E-state index contributed by atoms with van der Waals surface area (Å²) in [7, 11) is 0. The topological polar surface area (TPSA) is 29.5 Å². The van der Waals surface area contributed by atoms with E-state index in [2.05, 4.69) is 6.92 Å². The molecule has 0 fully saturated rings. The standard InChI is InChI=1S/C15H30O2/c1-2-3-4-5-6-7-8-9-10-11-12-14-17-15-13-16/h13,15-16H,2-12,14H2,1H3. The molecule has 0 unspecified atom stereocenters. The van der Waals surface area contributed by atoms with E-state index in [4.69, 9.17) is 9.84 Å². The van der Waals surface area contributed by atoms with Crippen molar-refractivity contribution >= 4 is 0 Å². The fraction of sp³-hybridized carbons (Fsp3) is 0.867. The average molecular weight is 242 g/mol. The van der Waals surface area contributed by atoms with Gasteiger partial charge in [-0.25, -0.2) is 0 Å². The SMILES string of the molecule is CCCCCCCCCCCCCOC=CO. The molecule has 0 amide bonds. The minimum Gasteiger partial charge on any atom is -0.512 e. The third kappa shape index (κ3) is 15.3. The second-order valence-corrected chi connectivity index (χ2v) is 4.69. The second-order valence-electron chi connectivity index (χ2n) is 4.69. The molecule has 2 nitrogen and oxygen atoms in total. The summed E-state index contributed by atoms with van der Waals surface area (Å²) in [6, 6.07) is 0. The lowest BCUT2D eigenvalue weighted by Gasteiger charge is -2.02. The van der Waals surface area contributed by atoms with Crippen LogP contribution in [0.1, 0.15) is 77.6 Å². The molecule has 0 aliphatic carbocycles. The van der Waals surface area contributed by atoms with E-state index in [1.54, 1.807) is 0 Å². The first-order valence-electron chi connectivity index (χ1n) is 7.32. The van der Waals surface area contributed by atoms with Gasteiger partial charge in [-0.1, -0.05) is 71.1 Å². The highest BCUT2D eigenvalue weighted by atomic mass is 16.5. The molecule has 2 heteroatoms. The molecule has 0 radical (unpaired) electrons. The Labute approximate surface area is 107 Å². The van der Waals surface area contributed by atoms with Crippen LogP contribution in [0, 0.1) is 0 Å². The Morgan fingerprint density at radius 3 is 1.71 bits per heavy atom. The summed E-state index contributed by atoms with van der Waals surface area (Å²) in [4.78, 5) is 0. The molecule has 0 bridgehead atoms. The van der Waals surface area contributed by atoms with Gasteiger partial charge in [0.2, 0.25) is 0 Å². The summed E-state index contributed by atoms with van der Waals surface area (Å²) in [6.45, 7) is 2.99.